The summed E-state index contributed by atoms with van der Waals surface area (Å²) in [6.07, 6.45) is -3.86. The molecule has 0 atom stereocenters. The van der Waals surface area contributed by atoms with E-state index in [1.807, 2.05) is 6.07 Å². The molecule has 0 spiro atoms. The molecule has 6 heteroatoms. The molecule has 0 N–H and O–H groups in total. The number of nitriles is 1. The standard InChI is InChI=1S/C14H15F3N2O/c1-3-6-19(9-14(15,16)17)13-7-11(8-18)4-5-12(13)10(2)20/h4-5,7H,3,6,9H2,1-2H3. The highest BCUT2D eigenvalue weighted by molar-refractivity contribution is 6.00. The zero-order valence-corrected chi connectivity index (χ0v) is 11.3. The Labute approximate surface area is 115 Å². The first-order valence-electron chi connectivity index (χ1n) is 6.15. The number of Topliss-reactive ketones (excluding diaryl/α,β-unsaturated/α-hetero) is 1. The first-order chi connectivity index (χ1) is 9.28. The molecule has 0 unspecified atom stereocenters. The van der Waals surface area contributed by atoms with Gasteiger partial charge < -0.3 is 4.90 Å². The molecule has 108 valence electrons. The monoisotopic (exact) mass is 284 g/mol. The van der Waals surface area contributed by atoms with Crippen LogP contribution < -0.4 is 4.90 Å². The summed E-state index contributed by atoms with van der Waals surface area (Å²) in [4.78, 5) is 12.6. The van der Waals surface area contributed by atoms with Crippen LogP contribution in [-0.4, -0.2) is 25.0 Å². The lowest BCUT2D eigenvalue weighted by Crippen LogP contribution is -2.35. The van der Waals surface area contributed by atoms with Gasteiger partial charge in [-0.3, -0.25) is 4.79 Å². The molecule has 0 radical (unpaired) electrons. The van der Waals surface area contributed by atoms with Gasteiger partial charge in [0.25, 0.3) is 0 Å². The van der Waals surface area contributed by atoms with Gasteiger partial charge in [-0.1, -0.05) is 6.92 Å². The Hall–Kier alpha value is -2.03. The number of anilines is 1. The van der Waals surface area contributed by atoms with Crippen molar-refractivity contribution in [2.45, 2.75) is 26.4 Å². The van der Waals surface area contributed by atoms with Gasteiger partial charge in [0.05, 0.1) is 11.6 Å². The topological polar surface area (TPSA) is 44.1 Å². The zero-order valence-electron chi connectivity index (χ0n) is 11.3. The third-order valence-electron chi connectivity index (χ3n) is 2.71. The number of alkyl halides is 3. The molecule has 3 nitrogen and oxygen atoms in total. The fourth-order valence-electron chi connectivity index (χ4n) is 1.93. The molecule has 1 rings (SSSR count). The van der Waals surface area contributed by atoms with E-state index >= 15 is 0 Å². The molecule has 0 amide bonds. The number of carbonyl (C=O) groups is 1. The van der Waals surface area contributed by atoms with Gasteiger partial charge >= 0.3 is 6.18 Å². The van der Waals surface area contributed by atoms with Crippen molar-refractivity contribution in [1.29, 1.82) is 5.26 Å². The number of rotatable bonds is 5. The predicted octanol–water partition coefficient (Wildman–Crippen LogP) is 3.54. The van der Waals surface area contributed by atoms with E-state index in [-0.39, 0.29) is 29.1 Å². The maximum Gasteiger partial charge on any atom is 0.405 e. The van der Waals surface area contributed by atoms with E-state index in [1.165, 1.54) is 25.1 Å². The van der Waals surface area contributed by atoms with E-state index < -0.39 is 12.7 Å². The fraction of sp³-hybridized carbons (Fsp3) is 0.429. The molecule has 1 aromatic rings. The van der Waals surface area contributed by atoms with Gasteiger partial charge in [-0.15, -0.1) is 0 Å². The van der Waals surface area contributed by atoms with E-state index in [1.54, 1.807) is 6.92 Å². The first-order valence-corrected chi connectivity index (χ1v) is 6.15. The maximum absolute atomic E-state index is 12.6. The molecule has 0 aromatic heterocycles. The number of carbonyl (C=O) groups excluding carboxylic acids is 1. The summed E-state index contributed by atoms with van der Waals surface area (Å²) < 4.78 is 37.9. The van der Waals surface area contributed by atoms with Gasteiger partial charge in [-0.2, -0.15) is 18.4 Å². The van der Waals surface area contributed by atoms with Crippen LogP contribution in [0.15, 0.2) is 18.2 Å². The Morgan fingerprint density at radius 3 is 2.50 bits per heavy atom. The fourth-order valence-corrected chi connectivity index (χ4v) is 1.93. The second kappa shape index (κ2) is 6.42. The number of hydrogen-bond acceptors (Lipinski definition) is 3. The van der Waals surface area contributed by atoms with Crippen LogP contribution in [0, 0.1) is 11.3 Å². The Kier molecular flexibility index (Phi) is 5.14. The molecule has 20 heavy (non-hydrogen) atoms. The third kappa shape index (κ3) is 4.26. The third-order valence-corrected chi connectivity index (χ3v) is 2.71. The quantitative estimate of drug-likeness (QED) is 0.777. The molecule has 1 aromatic carbocycles. The summed E-state index contributed by atoms with van der Waals surface area (Å²) in [5.74, 6) is -0.326. The SMILES string of the molecule is CCCN(CC(F)(F)F)c1cc(C#N)ccc1C(C)=O. The Morgan fingerprint density at radius 2 is 2.05 bits per heavy atom. The summed E-state index contributed by atoms with van der Waals surface area (Å²) in [7, 11) is 0. The normalized spacial score (nSPS) is 11.0. The average molecular weight is 284 g/mol. The number of ketones is 1. The van der Waals surface area contributed by atoms with Gasteiger partial charge in [0, 0.05) is 17.8 Å². The molecule has 0 saturated heterocycles. The number of benzene rings is 1. The Balaban J connectivity index is 3.29. The van der Waals surface area contributed by atoms with Crippen LogP contribution in [0.2, 0.25) is 0 Å². The van der Waals surface area contributed by atoms with E-state index in [4.69, 9.17) is 5.26 Å². The molecule has 0 bridgehead atoms. The minimum Gasteiger partial charge on any atom is -0.362 e. The Morgan fingerprint density at radius 1 is 1.40 bits per heavy atom. The van der Waals surface area contributed by atoms with Gasteiger partial charge in [0.2, 0.25) is 0 Å². The van der Waals surface area contributed by atoms with Crippen molar-refractivity contribution in [1.82, 2.24) is 0 Å². The second-order valence-corrected chi connectivity index (χ2v) is 4.44. The number of hydrogen-bond donors (Lipinski definition) is 0. The van der Waals surface area contributed by atoms with Crippen molar-refractivity contribution < 1.29 is 18.0 Å². The van der Waals surface area contributed by atoms with Crippen LogP contribution in [0.5, 0.6) is 0 Å². The second-order valence-electron chi connectivity index (χ2n) is 4.44. The number of nitrogens with zero attached hydrogens (tertiary/aromatic N) is 2. The first kappa shape index (κ1) is 16.0. The number of halogens is 3. The van der Waals surface area contributed by atoms with E-state index in [0.717, 1.165) is 4.90 Å². The maximum atomic E-state index is 12.6. The lowest BCUT2D eigenvalue weighted by atomic mass is 10.0. The molecule has 0 saturated carbocycles. The summed E-state index contributed by atoms with van der Waals surface area (Å²) in [6, 6.07) is 6.03. The highest BCUT2D eigenvalue weighted by Crippen LogP contribution is 2.27. The van der Waals surface area contributed by atoms with Crippen LogP contribution >= 0.6 is 0 Å². The van der Waals surface area contributed by atoms with Crippen LogP contribution in [-0.2, 0) is 0 Å². The zero-order chi connectivity index (χ0) is 15.3. The van der Waals surface area contributed by atoms with Crippen molar-refractivity contribution in [3.05, 3.63) is 29.3 Å². The minimum absolute atomic E-state index is 0.161. The van der Waals surface area contributed by atoms with Crippen molar-refractivity contribution in [3.8, 4) is 6.07 Å². The van der Waals surface area contributed by atoms with E-state index in [9.17, 15) is 18.0 Å². The van der Waals surface area contributed by atoms with Crippen molar-refractivity contribution >= 4 is 11.5 Å². The molecular weight excluding hydrogens is 269 g/mol. The predicted molar refractivity (Wildman–Crippen MR) is 69.7 cm³/mol. The molecule has 0 fully saturated rings. The minimum atomic E-state index is -4.37. The highest BCUT2D eigenvalue weighted by atomic mass is 19.4. The van der Waals surface area contributed by atoms with Crippen LogP contribution in [0.1, 0.15) is 36.2 Å². The van der Waals surface area contributed by atoms with Crippen LogP contribution in [0.4, 0.5) is 18.9 Å². The smallest absolute Gasteiger partial charge is 0.362 e. The van der Waals surface area contributed by atoms with Crippen LogP contribution in [0.25, 0.3) is 0 Å². The molecule has 0 heterocycles. The van der Waals surface area contributed by atoms with Crippen molar-refractivity contribution in [2.75, 3.05) is 18.0 Å². The summed E-state index contributed by atoms with van der Waals surface area (Å²) >= 11 is 0. The van der Waals surface area contributed by atoms with Gasteiger partial charge in [0.15, 0.2) is 5.78 Å². The summed E-state index contributed by atoms with van der Waals surface area (Å²) in [5, 5.41) is 8.86. The van der Waals surface area contributed by atoms with Gasteiger partial charge in [0.1, 0.15) is 6.54 Å². The molecule has 0 aliphatic heterocycles. The largest absolute Gasteiger partial charge is 0.405 e. The molecule has 0 aliphatic carbocycles. The molecular formula is C14H15F3N2O. The van der Waals surface area contributed by atoms with E-state index in [2.05, 4.69) is 0 Å². The van der Waals surface area contributed by atoms with Crippen molar-refractivity contribution in [2.24, 2.45) is 0 Å². The average Bonchev–Trinajstić information content (AvgIpc) is 2.35. The Bertz CT molecular complexity index is 532. The lowest BCUT2D eigenvalue weighted by Gasteiger charge is -2.27. The van der Waals surface area contributed by atoms with Crippen molar-refractivity contribution in [3.63, 3.8) is 0 Å². The summed E-state index contributed by atoms with van der Waals surface area (Å²) in [6.45, 7) is 2.07. The highest BCUT2D eigenvalue weighted by Gasteiger charge is 2.31. The van der Waals surface area contributed by atoms with Crippen LogP contribution in [0.3, 0.4) is 0 Å². The van der Waals surface area contributed by atoms with Gasteiger partial charge in [-0.05, 0) is 31.5 Å². The van der Waals surface area contributed by atoms with Gasteiger partial charge in [-0.25, -0.2) is 0 Å². The molecule has 0 aliphatic rings. The lowest BCUT2D eigenvalue weighted by molar-refractivity contribution is -0.119. The summed E-state index contributed by atoms with van der Waals surface area (Å²) in [5.41, 5.74) is 0.589. The van der Waals surface area contributed by atoms with E-state index in [0.29, 0.717) is 6.42 Å².